The van der Waals surface area contributed by atoms with Crippen LogP contribution in [0.4, 0.5) is 0 Å². The van der Waals surface area contributed by atoms with Crippen molar-refractivity contribution in [2.45, 2.75) is 24.7 Å². The van der Waals surface area contributed by atoms with Crippen LogP contribution in [0.1, 0.15) is 18.9 Å². The molecule has 0 fully saturated rings. The van der Waals surface area contributed by atoms with E-state index in [9.17, 15) is 13.2 Å². The highest BCUT2D eigenvalue weighted by Crippen LogP contribution is 2.17. The molecule has 0 aliphatic heterocycles. The lowest BCUT2D eigenvalue weighted by Gasteiger charge is -2.20. The summed E-state index contributed by atoms with van der Waals surface area (Å²) in [4.78, 5) is 11.3. The Balaban J connectivity index is 2.90. The van der Waals surface area contributed by atoms with Crippen LogP contribution in [0.3, 0.4) is 0 Å². The highest BCUT2D eigenvalue weighted by atomic mass is 32.2. The van der Waals surface area contributed by atoms with Crippen molar-refractivity contribution in [3.63, 3.8) is 0 Å². The van der Waals surface area contributed by atoms with Gasteiger partial charge in [-0.05, 0) is 24.1 Å². The van der Waals surface area contributed by atoms with Gasteiger partial charge in [0.05, 0.1) is 18.4 Å². The van der Waals surface area contributed by atoms with Gasteiger partial charge >= 0.3 is 5.97 Å². The molecule has 1 aromatic rings. The molecule has 0 saturated heterocycles. The number of ether oxygens (including phenoxy) is 1. The van der Waals surface area contributed by atoms with Gasteiger partial charge in [-0.3, -0.25) is 4.79 Å². The minimum Gasteiger partial charge on any atom is -0.469 e. The third kappa shape index (κ3) is 4.80. The number of benzene rings is 1. The van der Waals surface area contributed by atoms with Gasteiger partial charge in [-0.1, -0.05) is 19.1 Å². The molecule has 0 aromatic heterocycles. The van der Waals surface area contributed by atoms with E-state index in [0.29, 0.717) is 18.5 Å². The summed E-state index contributed by atoms with van der Waals surface area (Å²) < 4.78 is 30.7. The van der Waals surface area contributed by atoms with E-state index in [1.165, 1.54) is 23.5 Å². The van der Waals surface area contributed by atoms with Gasteiger partial charge in [-0.15, -0.1) is 0 Å². The average molecular weight is 315 g/mol. The molecular weight excluding hydrogens is 294 g/mol. The first-order chi connectivity index (χ1) is 9.95. The van der Waals surface area contributed by atoms with Crippen molar-refractivity contribution in [2.75, 3.05) is 26.8 Å². The minimum atomic E-state index is -3.57. The average Bonchev–Trinajstić information content (AvgIpc) is 2.48. The minimum absolute atomic E-state index is 0.0515. The van der Waals surface area contributed by atoms with E-state index in [4.69, 9.17) is 5.11 Å². The van der Waals surface area contributed by atoms with Crippen LogP contribution in [0.25, 0.3) is 0 Å². The molecule has 0 spiro atoms. The molecule has 0 bridgehead atoms. The summed E-state index contributed by atoms with van der Waals surface area (Å²) in [7, 11) is -2.26. The molecule has 0 heterocycles. The summed E-state index contributed by atoms with van der Waals surface area (Å²) in [5.74, 6) is -0.372. The fourth-order valence-electron chi connectivity index (χ4n) is 1.86. The van der Waals surface area contributed by atoms with E-state index in [0.717, 1.165) is 0 Å². The van der Waals surface area contributed by atoms with E-state index in [2.05, 4.69) is 4.74 Å². The standard InChI is InChI=1S/C14H21NO5S/c1-3-15(9-4-10-16)21(18,19)13-7-5-12(6-8-13)11-14(17)20-2/h5-8,16H,3-4,9-11H2,1-2H3. The molecule has 118 valence electrons. The molecule has 7 heteroatoms. The van der Waals surface area contributed by atoms with Gasteiger partial charge in [0.15, 0.2) is 0 Å². The number of aliphatic hydroxyl groups is 1. The number of hydrogen-bond donors (Lipinski definition) is 1. The second-order valence-corrected chi connectivity index (χ2v) is 6.41. The summed E-state index contributed by atoms with van der Waals surface area (Å²) in [6.07, 6.45) is 0.506. The second-order valence-electron chi connectivity index (χ2n) is 4.47. The lowest BCUT2D eigenvalue weighted by molar-refractivity contribution is -0.139. The van der Waals surface area contributed by atoms with Crippen LogP contribution in [-0.4, -0.2) is 50.6 Å². The van der Waals surface area contributed by atoms with Gasteiger partial charge in [0.1, 0.15) is 0 Å². The Bertz CT molecular complexity index is 553. The molecular formula is C14H21NO5S. The smallest absolute Gasteiger partial charge is 0.309 e. The SMILES string of the molecule is CCN(CCCO)S(=O)(=O)c1ccc(CC(=O)OC)cc1. The quantitative estimate of drug-likeness (QED) is 0.717. The monoisotopic (exact) mass is 315 g/mol. The zero-order valence-corrected chi connectivity index (χ0v) is 13.1. The molecule has 1 rings (SSSR count). The van der Waals surface area contributed by atoms with E-state index >= 15 is 0 Å². The molecule has 0 unspecified atom stereocenters. The number of sulfonamides is 1. The Morgan fingerprint density at radius 1 is 1.29 bits per heavy atom. The highest BCUT2D eigenvalue weighted by molar-refractivity contribution is 7.89. The normalized spacial score (nSPS) is 11.6. The summed E-state index contributed by atoms with van der Waals surface area (Å²) in [5, 5.41) is 8.83. The van der Waals surface area contributed by atoms with Crippen LogP contribution in [0.5, 0.6) is 0 Å². The van der Waals surface area contributed by atoms with Crippen LogP contribution in [0.15, 0.2) is 29.2 Å². The van der Waals surface area contributed by atoms with Crippen molar-refractivity contribution in [3.05, 3.63) is 29.8 Å². The van der Waals surface area contributed by atoms with Gasteiger partial charge in [0.2, 0.25) is 10.0 Å². The number of carbonyl (C=O) groups is 1. The molecule has 0 aliphatic carbocycles. The molecule has 0 saturated carbocycles. The Morgan fingerprint density at radius 2 is 1.90 bits per heavy atom. The lowest BCUT2D eigenvalue weighted by Crippen LogP contribution is -2.32. The van der Waals surface area contributed by atoms with Crippen molar-refractivity contribution >= 4 is 16.0 Å². The zero-order valence-electron chi connectivity index (χ0n) is 12.3. The summed E-state index contributed by atoms with van der Waals surface area (Å²) in [6.45, 7) is 2.32. The Hall–Kier alpha value is -1.44. The fraction of sp³-hybridized carbons (Fsp3) is 0.500. The molecule has 6 nitrogen and oxygen atoms in total. The van der Waals surface area contributed by atoms with Gasteiger partial charge in [-0.25, -0.2) is 8.42 Å². The first kappa shape index (κ1) is 17.6. The maximum atomic E-state index is 12.4. The molecule has 0 radical (unpaired) electrons. The Labute approximate surface area is 125 Å². The van der Waals surface area contributed by atoms with E-state index in [1.54, 1.807) is 19.1 Å². The van der Waals surface area contributed by atoms with E-state index in [1.807, 2.05) is 0 Å². The van der Waals surface area contributed by atoms with Crippen molar-refractivity contribution < 1.29 is 23.1 Å². The predicted molar refractivity (Wildman–Crippen MR) is 78.3 cm³/mol. The first-order valence-corrected chi connectivity index (χ1v) is 8.16. The molecule has 1 N–H and O–H groups in total. The first-order valence-electron chi connectivity index (χ1n) is 6.72. The van der Waals surface area contributed by atoms with Crippen LogP contribution in [-0.2, 0) is 26.0 Å². The molecule has 0 atom stereocenters. The Kier molecular flexibility index (Phi) is 6.80. The van der Waals surface area contributed by atoms with Gasteiger partial charge in [0.25, 0.3) is 0 Å². The molecule has 0 aliphatic rings. The van der Waals surface area contributed by atoms with Crippen molar-refractivity contribution in [1.29, 1.82) is 0 Å². The van der Waals surface area contributed by atoms with E-state index < -0.39 is 10.0 Å². The molecule has 21 heavy (non-hydrogen) atoms. The summed E-state index contributed by atoms with van der Waals surface area (Å²) in [6, 6.07) is 6.16. The Morgan fingerprint density at radius 3 is 2.38 bits per heavy atom. The maximum absolute atomic E-state index is 12.4. The largest absolute Gasteiger partial charge is 0.469 e. The highest BCUT2D eigenvalue weighted by Gasteiger charge is 2.22. The topological polar surface area (TPSA) is 83.9 Å². The van der Waals surface area contributed by atoms with Crippen molar-refractivity contribution in [3.8, 4) is 0 Å². The second kappa shape index (κ2) is 8.11. The zero-order chi connectivity index (χ0) is 15.9. The molecule has 0 amide bonds. The number of aliphatic hydroxyl groups excluding tert-OH is 1. The third-order valence-corrected chi connectivity index (χ3v) is 5.04. The molecule has 1 aromatic carbocycles. The van der Waals surface area contributed by atoms with Gasteiger partial charge in [0, 0.05) is 19.7 Å². The van der Waals surface area contributed by atoms with Gasteiger partial charge < -0.3 is 9.84 Å². The summed E-state index contributed by atoms with van der Waals surface area (Å²) >= 11 is 0. The fourth-order valence-corrected chi connectivity index (χ4v) is 3.35. The van der Waals surface area contributed by atoms with Gasteiger partial charge in [-0.2, -0.15) is 4.31 Å². The van der Waals surface area contributed by atoms with Crippen molar-refractivity contribution in [1.82, 2.24) is 4.31 Å². The number of rotatable bonds is 8. The maximum Gasteiger partial charge on any atom is 0.309 e. The van der Waals surface area contributed by atoms with Crippen LogP contribution >= 0.6 is 0 Å². The number of methoxy groups -OCH3 is 1. The van der Waals surface area contributed by atoms with E-state index in [-0.39, 0.29) is 30.4 Å². The van der Waals surface area contributed by atoms with Crippen LogP contribution < -0.4 is 0 Å². The number of esters is 1. The lowest BCUT2D eigenvalue weighted by atomic mass is 10.2. The van der Waals surface area contributed by atoms with Crippen molar-refractivity contribution in [2.24, 2.45) is 0 Å². The van der Waals surface area contributed by atoms with Crippen LogP contribution in [0.2, 0.25) is 0 Å². The predicted octanol–water partition coefficient (Wildman–Crippen LogP) is 0.795. The number of carbonyl (C=O) groups excluding carboxylic acids is 1. The third-order valence-electron chi connectivity index (χ3n) is 3.06. The number of hydrogen-bond acceptors (Lipinski definition) is 5. The van der Waals surface area contributed by atoms with Crippen LogP contribution in [0, 0.1) is 0 Å². The number of nitrogens with zero attached hydrogens (tertiary/aromatic N) is 1. The summed E-state index contributed by atoms with van der Waals surface area (Å²) in [5.41, 5.74) is 0.694.